The molecule has 0 radical (unpaired) electrons. The SMILES string of the molecule is CCNC(=NCc1ccc(COCC(F)(F)F)cc1)NCCCc1nnc2ccccn12. The molecular weight excluding hydrogens is 421 g/mol. The molecule has 0 aliphatic heterocycles. The Kier molecular flexibility index (Phi) is 8.43. The number of hydrogen-bond acceptors (Lipinski definition) is 4. The van der Waals surface area contributed by atoms with Crippen molar-refractivity contribution in [3.05, 3.63) is 65.6 Å². The predicted molar refractivity (Wildman–Crippen MR) is 116 cm³/mol. The minimum atomic E-state index is -4.31. The Bertz CT molecular complexity index is 1000. The van der Waals surface area contributed by atoms with E-state index >= 15 is 0 Å². The average molecular weight is 448 g/mol. The molecule has 0 atom stereocenters. The van der Waals surface area contributed by atoms with E-state index in [1.54, 1.807) is 12.1 Å². The van der Waals surface area contributed by atoms with Crippen LogP contribution in [-0.4, -0.2) is 46.4 Å². The minimum Gasteiger partial charge on any atom is -0.367 e. The number of nitrogens with zero attached hydrogens (tertiary/aromatic N) is 4. The number of pyridine rings is 1. The Labute approximate surface area is 184 Å². The van der Waals surface area contributed by atoms with Gasteiger partial charge >= 0.3 is 6.18 Å². The number of nitrogens with one attached hydrogen (secondary N) is 2. The van der Waals surface area contributed by atoms with E-state index in [1.807, 2.05) is 47.9 Å². The topological polar surface area (TPSA) is 75.8 Å². The van der Waals surface area contributed by atoms with Crippen molar-refractivity contribution in [2.45, 2.75) is 39.1 Å². The number of aryl methyl sites for hydroxylation is 1. The van der Waals surface area contributed by atoms with Crippen molar-refractivity contribution in [2.24, 2.45) is 4.99 Å². The van der Waals surface area contributed by atoms with Crippen LogP contribution in [0.5, 0.6) is 0 Å². The van der Waals surface area contributed by atoms with E-state index in [0.717, 1.165) is 43.0 Å². The molecule has 1 aromatic carbocycles. The third kappa shape index (κ3) is 7.52. The van der Waals surface area contributed by atoms with Crippen LogP contribution >= 0.6 is 0 Å². The quantitative estimate of drug-likeness (QED) is 0.282. The monoisotopic (exact) mass is 448 g/mol. The largest absolute Gasteiger partial charge is 0.411 e. The van der Waals surface area contributed by atoms with Crippen LogP contribution in [0, 0.1) is 0 Å². The van der Waals surface area contributed by atoms with E-state index in [-0.39, 0.29) is 6.61 Å². The van der Waals surface area contributed by atoms with E-state index < -0.39 is 12.8 Å². The van der Waals surface area contributed by atoms with Crippen molar-refractivity contribution in [3.63, 3.8) is 0 Å². The first-order valence-electron chi connectivity index (χ1n) is 10.5. The molecule has 0 saturated carbocycles. The van der Waals surface area contributed by atoms with Gasteiger partial charge in [0, 0.05) is 25.7 Å². The van der Waals surface area contributed by atoms with Gasteiger partial charge in [-0.3, -0.25) is 4.40 Å². The normalized spacial score (nSPS) is 12.3. The molecule has 2 aromatic heterocycles. The fraction of sp³-hybridized carbons (Fsp3) is 0.409. The second-order valence-corrected chi connectivity index (χ2v) is 7.20. The lowest BCUT2D eigenvalue weighted by Gasteiger charge is -2.11. The molecule has 0 bridgehead atoms. The molecule has 2 heterocycles. The number of hydrogen-bond donors (Lipinski definition) is 2. The maximum absolute atomic E-state index is 12.1. The minimum absolute atomic E-state index is 0.0748. The number of aliphatic imine (C=N–C) groups is 1. The third-order valence-corrected chi connectivity index (χ3v) is 4.58. The van der Waals surface area contributed by atoms with Crippen molar-refractivity contribution >= 4 is 11.6 Å². The Morgan fingerprint density at radius 3 is 2.59 bits per heavy atom. The highest BCUT2D eigenvalue weighted by Crippen LogP contribution is 2.16. The zero-order valence-electron chi connectivity index (χ0n) is 17.9. The zero-order chi connectivity index (χ0) is 22.8. The number of alkyl halides is 3. The van der Waals surface area contributed by atoms with Gasteiger partial charge in [-0.25, -0.2) is 4.99 Å². The Morgan fingerprint density at radius 2 is 1.84 bits per heavy atom. The molecule has 0 fully saturated rings. The standard InChI is InChI=1S/C22H27F3N6O/c1-2-26-21(27-12-5-7-20-30-29-19-6-3-4-13-31(19)20)28-14-17-8-10-18(11-9-17)15-32-16-22(23,24)25/h3-4,6,8-11,13H,2,5,7,12,14-16H2,1H3,(H2,26,27,28). The van der Waals surface area contributed by atoms with Gasteiger partial charge < -0.3 is 15.4 Å². The van der Waals surface area contributed by atoms with Gasteiger partial charge in [-0.1, -0.05) is 30.3 Å². The van der Waals surface area contributed by atoms with Crippen LogP contribution in [0.15, 0.2) is 53.7 Å². The summed E-state index contributed by atoms with van der Waals surface area (Å²) in [7, 11) is 0. The van der Waals surface area contributed by atoms with Crippen LogP contribution in [-0.2, 0) is 24.3 Å². The Balaban J connectivity index is 1.44. The summed E-state index contributed by atoms with van der Waals surface area (Å²) in [5.41, 5.74) is 2.48. The van der Waals surface area contributed by atoms with E-state index in [9.17, 15) is 13.2 Å². The number of ether oxygens (including phenoxy) is 1. The summed E-state index contributed by atoms with van der Waals surface area (Å²) in [5.74, 6) is 1.62. The number of guanidine groups is 1. The van der Waals surface area contributed by atoms with Crippen LogP contribution in [0.25, 0.3) is 5.65 Å². The van der Waals surface area contributed by atoms with Crippen molar-refractivity contribution < 1.29 is 17.9 Å². The van der Waals surface area contributed by atoms with Gasteiger partial charge in [0.15, 0.2) is 11.6 Å². The highest BCUT2D eigenvalue weighted by molar-refractivity contribution is 5.79. The van der Waals surface area contributed by atoms with E-state index in [4.69, 9.17) is 0 Å². The summed E-state index contributed by atoms with van der Waals surface area (Å²) in [6.07, 6.45) is -0.701. The van der Waals surface area contributed by atoms with Crippen molar-refractivity contribution in [1.29, 1.82) is 0 Å². The number of halogens is 3. The molecule has 7 nitrogen and oxygen atoms in total. The van der Waals surface area contributed by atoms with Crippen molar-refractivity contribution in [3.8, 4) is 0 Å². The molecule has 0 saturated heterocycles. The molecule has 0 aliphatic carbocycles. The fourth-order valence-corrected chi connectivity index (χ4v) is 3.05. The maximum atomic E-state index is 12.1. The third-order valence-electron chi connectivity index (χ3n) is 4.58. The first-order chi connectivity index (χ1) is 15.4. The second kappa shape index (κ2) is 11.5. The lowest BCUT2D eigenvalue weighted by Crippen LogP contribution is -2.37. The summed E-state index contributed by atoms with van der Waals surface area (Å²) in [5, 5.41) is 14.9. The smallest absolute Gasteiger partial charge is 0.367 e. The van der Waals surface area contributed by atoms with Gasteiger partial charge in [0.1, 0.15) is 12.4 Å². The first-order valence-corrected chi connectivity index (χ1v) is 10.5. The molecule has 10 heteroatoms. The van der Waals surface area contributed by atoms with Crippen molar-refractivity contribution in [2.75, 3.05) is 19.7 Å². The summed E-state index contributed by atoms with van der Waals surface area (Å²) in [6, 6.07) is 13.0. The van der Waals surface area contributed by atoms with E-state index in [2.05, 4.69) is 30.6 Å². The number of aromatic nitrogens is 3. The Morgan fingerprint density at radius 1 is 1.06 bits per heavy atom. The number of benzene rings is 1. The maximum Gasteiger partial charge on any atom is 0.411 e. The lowest BCUT2D eigenvalue weighted by molar-refractivity contribution is -0.176. The molecule has 0 aliphatic rings. The molecule has 172 valence electrons. The van der Waals surface area contributed by atoms with Gasteiger partial charge in [-0.15, -0.1) is 10.2 Å². The average Bonchev–Trinajstić information content (AvgIpc) is 3.18. The fourth-order valence-electron chi connectivity index (χ4n) is 3.05. The molecule has 32 heavy (non-hydrogen) atoms. The Hall–Kier alpha value is -3.14. The van der Waals surface area contributed by atoms with Crippen molar-refractivity contribution in [1.82, 2.24) is 25.2 Å². The predicted octanol–water partition coefficient (Wildman–Crippen LogP) is 3.50. The van der Waals surface area contributed by atoms with Gasteiger partial charge in [0.2, 0.25) is 0 Å². The summed E-state index contributed by atoms with van der Waals surface area (Å²) < 4.78 is 43.1. The number of rotatable bonds is 10. The molecule has 2 N–H and O–H groups in total. The van der Waals surface area contributed by atoms with Gasteiger partial charge in [0.05, 0.1) is 13.2 Å². The summed E-state index contributed by atoms with van der Waals surface area (Å²) in [4.78, 5) is 4.57. The zero-order valence-corrected chi connectivity index (χ0v) is 17.9. The first kappa shape index (κ1) is 23.5. The summed E-state index contributed by atoms with van der Waals surface area (Å²) >= 11 is 0. The number of fused-ring (bicyclic) bond motifs is 1. The molecule has 0 amide bonds. The molecule has 0 spiro atoms. The highest BCUT2D eigenvalue weighted by atomic mass is 19.4. The molecule has 0 unspecified atom stereocenters. The second-order valence-electron chi connectivity index (χ2n) is 7.20. The van der Waals surface area contributed by atoms with Crippen LogP contribution in [0.3, 0.4) is 0 Å². The van der Waals surface area contributed by atoms with Crippen LogP contribution in [0.1, 0.15) is 30.3 Å². The van der Waals surface area contributed by atoms with E-state index in [0.29, 0.717) is 18.1 Å². The van der Waals surface area contributed by atoms with Gasteiger partial charge in [-0.2, -0.15) is 13.2 Å². The van der Waals surface area contributed by atoms with Crippen LogP contribution < -0.4 is 10.6 Å². The van der Waals surface area contributed by atoms with Gasteiger partial charge in [-0.05, 0) is 36.6 Å². The molecule has 3 rings (SSSR count). The lowest BCUT2D eigenvalue weighted by atomic mass is 10.1. The molecular formula is C22H27F3N6O. The molecule has 3 aromatic rings. The van der Waals surface area contributed by atoms with Crippen LogP contribution in [0.4, 0.5) is 13.2 Å². The van der Waals surface area contributed by atoms with E-state index in [1.165, 1.54) is 0 Å². The summed E-state index contributed by atoms with van der Waals surface area (Å²) in [6.45, 7) is 2.58. The van der Waals surface area contributed by atoms with Gasteiger partial charge in [0.25, 0.3) is 0 Å². The van der Waals surface area contributed by atoms with Crippen LogP contribution in [0.2, 0.25) is 0 Å². The highest BCUT2D eigenvalue weighted by Gasteiger charge is 2.27.